The van der Waals surface area contributed by atoms with Gasteiger partial charge in [0.05, 0.1) is 18.9 Å². The van der Waals surface area contributed by atoms with E-state index in [1.165, 1.54) is 22.9 Å². The van der Waals surface area contributed by atoms with E-state index in [0.717, 1.165) is 0 Å². The molecule has 1 fully saturated rings. The Kier molecular flexibility index (Phi) is 5.13. The minimum absolute atomic E-state index is 0.0542. The van der Waals surface area contributed by atoms with E-state index in [9.17, 15) is 18.7 Å². The number of halogens is 2. The van der Waals surface area contributed by atoms with Crippen molar-refractivity contribution >= 4 is 5.91 Å². The van der Waals surface area contributed by atoms with Crippen LogP contribution in [0.4, 0.5) is 8.78 Å². The molecule has 2 aromatic rings. The van der Waals surface area contributed by atoms with Gasteiger partial charge in [-0.3, -0.25) is 9.48 Å². The van der Waals surface area contributed by atoms with Crippen molar-refractivity contribution in [2.45, 2.75) is 13.2 Å². The Bertz CT molecular complexity index is 745. The fourth-order valence-corrected chi connectivity index (χ4v) is 2.53. The summed E-state index contributed by atoms with van der Waals surface area (Å²) in [5.41, 5.74) is 1.03. The largest absolute Gasteiger partial charge is 0.504 e. The van der Waals surface area contributed by atoms with Crippen molar-refractivity contribution < 1.29 is 28.2 Å². The maximum atomic E-state index is 12.2. The first kappa shape index (κ1) is 17.2. The molecule has 3 rings (SSSR count). The lowest BCUT2D eigenvalue weighted by Gasteiger charge is -2.26. The third-order valence-corrected chi connectivity index (χ3v) is 3.77. The highest BCUT2D eigenvalue weighted by atomic mass is 19.3. The van der Waals surface area contributed by atoms with Crippen LogP contribution < -0.4 is 4.74 Å². The number of aromatic nitrogens is 2. The lowest BCUT2D eigenvalue weighted by Crippen LogP contribution is -2.42. The molecule has 1 N–H and O–H groups in total. The van der Waals surface area contributed by atoms with E-state index in [-0.39, 0.29) is 18.2 Å². The van der Waals surface area contributed by atoms with Gasteiger partial charge in [0.25, 0.3) is 0 Å². The van der Waals surface area contributed by atoms with E-state index in [2.05, 4.69) is 9.84 Å². The number of morpholine rings is 1. The molecule has 1 aromatic carbocycles. The average Bonchev–Trinajstić information content (AvgIpc) is 3.05. The first-order valence-electron chi connectivity index (χ1n) is 7.70. The molecule has 0 spiro atoms. The maximum Gasteiger partial charge on any atom is 0.387 e. The number of rotatable bonds is 5. The molecule has 0 radical (unpaired) electrons. The van der Waals surface area contributed by atoms with Gasteiger partial charge >= 0.3 is 6.61 Å². The molecular weight excluding hydrogens is 336 g/mol. The van der Waals surface area contributed by atoms with Crippen LogP contribution in [0.25, 0.3) is 11.3 Å². The van der Waals surface area contributed by atoms with Gasteiger partial charge in [-0.1, -0.05) is 0 Å². The Labute approximate surface area is 142 Å². The van der Waals surface area contributed by atoms with Gasteiger partial charge < -0.3 is 19.5 Å². The molecule has 9 heteroatoms. The van der Waals surface area contributed by atoms with Crippen LogP contribution in [0.15, 0.2) is 30.5 Å². The highest BCUT2D eigenvalue weighted by Gasteiger charge is 2.18. The number of benzene rings is 1. The Morgan fingerprint density at radius 1 is 1.32 bits per heavy atom. The topological polar surface area (TPSA) is 76.8 Å². The van der Waals surface area contributed by atoms with Gasteiger partial charge in [-0.05, 0) is 24.3 Å². The molecule has 25 heavy (non-hydrogen) atoms. The highest BCUT2D eigenvalue weighted by Crippen LogP contribution is 2.31. The molecule has 0 saturated carbocycles. The summed E-state index contributed by atoms with van der Waals surface area (Å²) in [5, 5.41) is 14.0. The van der Waals surface area contributed by atoms with Crippen molar-refractivity contribution in [3.05, 3.63) is 30.5 Å². The van der Waals surface area contributed by atoms with Crippen LogP contribution in [0.3, 0.4) is 0 Å². The second kappa shape index (κ2) is 7.47. The Balaban J connectivity index is 1.68. The smallest absolute Gasteiger partial charge is 0.387 e. The molecule has 1 aliphatic rings. The van der Waals surface area contributed by atoms with Gasteiger partial charge in [-0.15, -0.1) is 0 Å². The fraction of sp³-hybridized carbons (Fsp3) is 0.375. The zero-order valence-corrected chi connectivity index (χ0v) is 13.3. The normalized spacial score (nSPS) is 14.8. The average molecular weight is 353 g/mol. The minimum atomic E-state index is -3.01. The lowest BCUT2D eigenvalue weighted by atomic mass is 10.1. The summed E-state index contributed by atoms with van der Waals surface area (Å²) in [7, 11) is 0. The number of amides is 1. The van der Waals surface area contributed by atoms with Crippen molar-refractivity contribution in [3.63, 3.8) is 0 Å². The molecule has 0 unspecified atom stereocenters. The summed E-state index contributed by atoms with van der Waals surface area (Å²) in [6.45, 7) is -0.732. The molecule has 1 aliphatic heterocycles. The van der Waals surface area contributed by atoms with Crippen molar-refractivity contribution in [1.82, 2.24) is 14.7 Å². The summed E-state index contributed by atoms with van der Waals surface area (Å²) >= 11 is 0. The van der Waals surface area contributed by atoms with Gasteiger partial charge in [-0.2, -0.15) is 13.9 Å². The standard InChI is InChI=1S/C16H17F2N3O4/c17-16(18)25-14-2-1-11(9-13(14)22)12-3-4-21(19-12)10-15(23)20-5-7-24-8-6-20/h1-4,9,16,22H,5-8,10H2. The van der Waals surface area contributed by atoms with Gasteiger partial charge in [-0.25, -0.2) is 0 Å². The van der Waals surface area contributed by atoms with E-state index >= 15 is 0 Å². The molecule has 1 amide bonds. The van der Waals surface area contributed by atoms with Crippen molar-refractivity contribution in [3.8, 4) is 22.8 Å². The van der Waals surface area contributed by atoms with Crippen LogP contribution in [0.5, 0.6) is 11.5 Å². The van der Waals surface area contributed by atoms with Crippen LogP contribution >= 0.6 is 0 Å². The number of carbonyl (C=O) groups is 1. The van der Waals surface area contributed by atoms with Gasteiger partial charge in [0.15, 0.2) is 11.5 Å². The minimum Gasteiger partial charge on any atom is -0.504 e. The van der Waals surface area contributed by atoms with Crippen LogP contribution in [0.2, 0.25) is 0 Å². The Morgan fingerprint density at radius 2 is 2.08 bits per heavy atom. The van der Waals surface area contributed by atoms with Gasteiger partial charge in [0.1, 0.15) is 6.54 Å². The van der Waals surface area contributed by atoms with Crippen molar-refractivity contribution in [1.29, 1.82) is 0 Å². The molecule has 7 nitrogen and oxygen atoms in total. The summed E-state index contributed by atoms with van der Waals surface area (Å²) in [6.07, 6.45) is 1.65. The summed E-state index contributed by atoms with van der Waals surface area (Å²) in [6, 6.07) is 5.71. The number of hydrogen-bond acceptors (Lipinski definition) is 5. The molecule has 2 heterocycles. The molecule has 1 aromatic heterocycles. The molecule has 0 atom stereocenters. The first-order valence-corrected chi connectivity index (χ1v) is 7.70. The van der Waals surface area contributed by atoms with Crippen LogP contribution in [0.1, 0.15) is 0 Å². The van der Waals surface area contributed by atoms with E-state index in [0.29, 0.717) is 37.6 Å². The number of aromatic hydroxyl groups is 1. The van der Waals surface area contributed by atoms with Gasteiger partial charge in [0.2, 0.25) is 5.91 Å². The zero-order valence-electron chi connectivity index (χ0n) is 13.3. The number of phenols is 1. The van der Waals surface area contributed by atoms with Crippen LogP contribution in [-0.2, 0) is 16.1 Å². The van der Waals surface area contributed by atoms with E-state index in [1.807, 2.05) is 0 Å². The Hall–Kier alpha value is -2.68. The van der Waals surface area contributed by atoms with E-state index in [4.69, 9.17) is 4.74 Å². The number of ether oxygens (including phenoxy) is 2. The molecule has 0 bridgehead atoms. The number of alkyl halides is 2. The van der Waals surface area contributed by atoms with E-state index < -0.39 is 12.4 Å². The second-order valence-corrected chi connectivity index (χ2v) is 5.45. The monoisotopic (exact) mass is 353 g/mol. The second-order valence-electron chi connectivity index (χ2n) is 5.45. The maximum absolute atomic E-state index is 12.2. The van der Waals surface area contributed by atoms with E-state index in [1.54, 1.807) is 17.2 Å². The number of phenolic OH excluding ortho intramolecular Hbond substituents is 1. The van der Waals surface area contributed by atoms with Crippen LogP contribution in [-0.4, -0.2) is 58.6 Å². The lowest BCUT2D eigenvalue weighted by molar-refractivity contribution is -0.136. The van der Waals surface area contributed by atoms with Gasteiger partial charge in [0, 0.05) is 24.8 Å². The third kappa shape index (κ3) is 4.24. The van der Waals surface area contributed by atoms with Crippen molar-refractivity contribution in [2.24, 2.45) is 0 Å². The summed E-state index contributed by atoms with van der Waals surface area (Å²) < 4.78 is 35.3. The molecule has 1 saturated heterocycles. The predicted octanol–water partition coefficient (Wildman–Crippen LogP) is 1.72. The number of nitrogens with zero attached hydrogens (tertiary/aromatic N) is 3. The molecular formula is C16H17F2N3O4. The Morgan fingerprint density at radius 3 is 2.76 bits per heavy atom. The molecule has 134 valence electrons. The third-order valence-electron chi connectivity index (χ3n) is 3.77. The van der Waals surface area contributed by atoms with Crippen LogP contribution in [0, 0.1) is 0 Å². The zero-order chi connectivity index (χ0) is 17.8. The number of hydrogen-bond donors (Lipinski definition) is 1. The quantitative estimate of drug-likeness (QED) is 0.886. The fourth-order valence-electron chi connectivity index (χ4n) is 2.53. The first-order chi connectivity index (χ1) is 12.0. The predicted molar refractivity (Wildman–Crippen MR) is 83.4 cm³/mol. The summed E-state index contributed by atoms with van der Waals surface area (Å²) in [4.78, 5) is 13.9. The SMILES string of the molecule is O=C(Cn1ccc(-c2ccc(OC(F)F)c(O)c2)n1)N1CCOCC1. The molecule has 0 aliphatic carbocycles. The van der Waals surface area contributed by atoms with Crippen molar-refractivity contribution in [2.75, 3.05) is 26.3 Å². The summed E-state index contributed by atoms with van der Waals surface area (Å²) in [5.74, 6) is -0.765. The number of carbonyl (C=O) groups excluding carboxylic acids is 1. The highest BCUT2D eigenvalue weighted by molar-refractivity contribution is 5.76.